The molecule has 0 aliphatic rings. The van der Waals surface area contributed by atoms with Crippen LogP contribution in [0.4, 0.5) is 0 Å². The molecule has 134 valence electrons. The van der Waals surface area contributed by atoms with Crippen LogP contribution >= 0.6 is 11.6 Å². The van der Waals surface area contributed by atoms with Crippen LogP contribution in [0.1, 0.15) is 10.4 Å². The van der Waals surface area contributed by atoms with Crippen molar-refractivity contribution in [3.8, 4) is 17.2 Å². The zero-order valence-corrected chi connectivity index (χ0v) is 14.7. The van der Waals surface area contributed by atoms with Gasteiger partial charge in [-0.3, -0.25) is 4.79 Å². The van der Waals surface area contributed by atoms with Crippen LogP contribution in [0.2, 0.25) is 5.02 Å². The molecule has 26 heavy (non-hydrogen) atoms. The molecule has 3 aromatic rings. The first-order valence-electron chi connectivity index (χ1n) is 7.76. The van der Waals surface area contributed by atoms with Gasteiger partial charge in [0, 0.05) is 0 Å². The number of carbonyl (C=O) groups is 1. The van der Waals surface area contributed by atoms with E-state index in [0.29, 0.717) is 34.3 Å². The molecule has 0 radical (unpaired) electrons. The topological polar surface area (TPSA) is 91.2 Å². The summed E-state index contributed by atoms with van der Waals surface area (Å²) < 4.78 is 12.3. The Balaban J connectivity index is 1.59. The predicted molar refractivity (Wildman–Crippen MR) is 95.0 cm³/mol. The Morgan fingerprint density at radius 3 is 2.77 bits per heavy atom. The Morgan fingerprint density at radius 1 is 1.23 bits per heavy atom. The maximum atomic E-state index is 12.4. The second-order valence-electron chi connectivity index (χ2n) is 5.17. The van der Waals surface area contributed by atoms with Crippen molar-refractivity contribution in [2.75, 3.05) is 20.3 Å². The molecule has 0 aliphatic heterocycles. The van der Waals surface area contributed by atoms with Crippen molar-refractivity contribution in [2.24, 2.45) is 0 Å². The van der Waals surface area contributed by atoms with Gasteiger partial charge in [-0.15, -0.1) is 5.10 Å². The molecule has 0 bridgehead atoms. The number of rotatable bonds is 7. The normalized spacial score (nSPS) is 10.4. The van der Waals surface area contributed by atoms with Crippen LogP contribution in [-0.2, 0) is 0 Å². The lowest BCUT2D eigenvalue weighted by atomic mass is 10.2. The van der Waals surface area contributed by atoms with Crippen LogP contribution in [0.5, 0.6) is 11.5 Å². The maximum Gasteiger partial charge on any atom is 0.252 e. The molecule has 0 atom stereocenters. The molecule has 8 nitrogen and oxygen atoms in total. The van der Waals surface area contributed by atoms with Crippen LogP contribution in [0.15, 0.2) is 48.8 Å². The van der Waals surface area contributed by atoms with Gasteiger partial charge in [0.1, 0.15) is 12.9 Å². The SMILES string of the molecule is COc1ccccc1OCCNC(=O)c1cc(-n2cnnn2)ccc1Cl. The highest BCUT2D eigenvalue weighted by atomic mass is 35.5. The largest absolute Gasteiger partial charge is 0.493 e. The number of nitrogens with zero attached hydrogens (tertiary/aromatic N) is 4. The summed E-state index contributed by atoms with van der Waals surface area (Å²) >= 11 is 6.13. The predicted octanol–water partition coefficient (Wildman–Crippen LogP) is 2.13. The molecular formula is C17H16ClN5O3. The Labute approximate surface area is 154 Å². The molecule has 3 rings (SSSR count). The molecule has 1 aromatic heterocycles. The second-order valence-corrected chi connectivity index (χ2v) is 5.58. The van der Waals surface area contributed by atoms with Gasteiger partial charge in [0.2, 0.25) is 0 Å². The fourth-order valence-corrected chi connectivity index (χ4v) is 2.47. The number of tetrazole rings is 1. The van der Waals surface area contributed by atoms with Crippen molar-refractivity contribution in [1.29, 1.82) is 0 Å². The van der Waals surface area contributed by atoms with Crippen LogP contribution in [0.25, 0.3) is 5.69 Å². The van der Waals surface area contributed by atoms with Crippen LogP contribution in [0.3, 0.4) is 0 Å². The van der Waals surface area contributed by atoms with E-state index < -0.39 is 0 Å². The van der Waals surface area contributed by atoms with E-state index in [1.165, 1.54) is 11.0 Å². The summed E-state index contributed by atoms with van der Waals surface area (Å²) in [5.41, 5.74) is 0.965. The van der Waals surface area contributed by atoms with Crippen molar-refractivity contribution >= 4 is 17.5 Å². The monoisotopic (exact) mass is 373 g/mol. The summed E-state index contributed by atoms with van der Waals surface area (Å²) in [6.45, 7) is 0.596. The van der Waals surface area contributed by atoms with Gasteiger partial charge in [-0.1, -0.05) is 23.7 Å². The molecule has 1 heterocycles. The molecule has 0 saturated carbocycles. The number of nitrogens with one attached hydrogen (secondary N) is 1. The molecule has 1 amide bonds. The van der Waals surface area contributed by atoms with E-state index in [1.54, 1.807) is 37.4 Å². The number of hydrogen-bond donors (Lipinski definition) is 1. The first-order chi connectivity index (χ1) is 12.7. The van der Waals surface area contributed by atoms with Crippen molar-refractivity contribution < 1.29 is 14.3 Å². The smallest absolute Gasteiger partial charge is 0.252 e. The van der Waals surface area contributed by atoms with Gasteiger partial charge in [0.25, 0.3) is 5.91 Å². The number of hydrogen-bond acceptors (Lipinski definition) is 6. The second kappa shape index (κ2) is 8.30. The van der Waals surface area contributed by atoms with E-state index in [1.807, 2.05) is 12.1 Å². The van der Waals surface area contributed by atoms with Gasteiger partial charge in [-0.05, 0) is 40.8 Å². The third kappa shape index (κ3) is 4.09. The minimum atomic E-state index is -0.312. The fourth-order valence-electron chi connectivity index (χ4n) is 2.27. The molecule has 0 fully saturated rings. The van der Waals surface area contributed by atoms with Gasteiger partial charge in [0.05, 0.1) is 29.9 Å². The van der Waals surface area contributed by atoms with E-state index in [-0.39, 0.29) is 12.5 Å². The van der Waals surface area contributed by atoms with Gasteiger partial charge in [-0.2, -0.15) is 0 Å². The highest BCUT2D eigenvalue weighted by Crippen LogP contribution is 2.25. The first kappa shape index (κ1) is 17.7. The zero-order valence-electron chi connectivity index (χ0n) is 13.9. The van der Waals surface area contributed by atoms with Crippen molar-refractivity contribution in [2.45, 2.75) is 0 Å². The Kier molecular flexibility index (Phi) is 5.65. The lowest BCUT2D eigenvalue weighted by molar-refractivity contribution is 0.0947. The van der Waals surface area contributed by atoms with Crippen LogP contribution < -0.4 is 14.8 Å². The quantitative estimate of drug-likeness (QED) is 0.638. The highest BCUT2D eigenvalue weighted by Gasteiger charge is 2.12. The van der Waals surface area contributed by atoms with Crippen LogP contribution in [-0.4, -0.2) is 46.4 Å². The van der Waals surface area contributed by atoms with E-state index in [9.17, 15) is 4.79 Å². The summed E-state index contributed by atoms with van der Waals surface area (Å²) in [4.78, 5) is 12.4. The molecule has 0 aliphatic carbocycles. The number of aromatic nitrogens is 4. The summed E-state index contributed by atoms with van der Waals surface area (Å²) in [5, 5.41) is 14.0. The number of para-hydroxylation sites is 2. The number of benzene rings is 2. The minimum absolute atomic E-state index is 0.288. The van der Waals surface area contributed by atoms with Gasteiger partial charge < -0.3 is 14.8 Å². The Hall–Kier alpha value is -3.13. The lowest BCUT2D eigenvalue weighted by Gasteiger charge is -2.11. The van der Waals surface area contributed by atoms with Crippen LogP contribution in [0, 0.1) is 0 Å². The third-order valence-electron chi connectivity index (χ3n) is 3.52. The Morgan fingerprint density at radius 2 is 2.04 bits per heavy atom. The van der Waals surface area contributed by atoms with Gasteiger partial charge in [0.15, 0.2) is 11.5 Å². The first-order valence-corrected chi connectivity index (χ1v) is 8.14. The van der Waals surface area contributed by atoms with Crippen molar-refractivity contribution in [1.82, 2.24) is 25.5 Å². The molecular weight excluding hydrogens is 358 g/mol. The molecule has 1 N–H and O–H groups in total. The van der Waals surface area contributed by atoms with Crippen molar-refractivity contribution in [3.63, 3.8) is 0 Å². The minimum Gasteiger partial charge on any atom is -0.493 e. The number of halogens is 1. The highest BCUT2D eigenvalue weighted by molar-refractivity contribution is 6.33. The van der Waals surface area contributed by atoms with E-state index >= 15 is 0 Å². The number of methoxy groups -OCH3 is 1. The molecule has 0 spiro atoms. The summed E-state index contributed by atoms with van der Waals surface area (Å²) in [7, 11) is 1.57. The number of amides is 1. The summed E-state index contributed by atoms with van der Waals surface area (Å²) in [6.07, 6.45) is 1.44. The molecule has 0 unspecified atom stereocenters. The maximum absolute atomic E-state index is 12.4. The Bertz CT molecular complexity index is 886. The lowest BCUT2D eigenvalue weighted by Crippen LogP contribution is -2.28. The summed E-state index contributed by atoms with van der Waals surface area (Å²) in [5.74, 6) is 0.938. The zero-order chi connectivity index (χ0) is 18.4. The van der Waals surface area contributed by atoms with E-state index in [0.717, 1.165) is 0 Å². The number of carbonyl (C=O) groups excluding carboxylic acids is 1. The molecule has 9 heteroatoms. The van der Waals surface area contributed by atoms with Gasteiger partial charge in [-0.25, -0.2) is 4.68 Å². The van der Waals surface area contributed by atoms with Crippen molar-refractivity contribution in [3.05, 3.63) is 59.4 Å². The number of ether oxygens (including phenoxy) is 2. The standard InChI is InChI=1S/C17H16ClN5O3/c1-25-15-4-2-3-5-16(15)26-9-8-19-17(24)13-10-12(6-7-14(13)18)23-11-20-21-22-23/h2-7,10-11H,8-9H2,1H3,(H,19,24). The van der Waals surface area contributed by atoms with Gasteiger partial charge >= 0.3 is 0 Å². The average molecular weight is 374 g/mol. The van der Waals surface area contributed by atoms with E-state index in [2.05, 4.69) is 20.8 Å². The fraction of sp³-hybridized carbons (Fsp3) is 0.176. The summed E-state index contributed by atoms with van der Waals surface area (Å²) in [6, 6.07) is 12.3. The average Bonchev–Trinajstić information content (AvgIpc) is 3.20. The third-order valence-corrected chi connectivity index (χ3v) is 3.85. The molecule has 2 aromatic carbocycles. The van der Waals surface area contributed by atoms with E-state index in [4.69, 9.17) is 21.1 Å². The molecule has 0 saturated heterocycles.